The monoisotopic (exact) mass is 512 g/mol. The van der Waals surface area contributed by atoms with E-state index in [1.54, 1.807) is 36.4 Å². The average molecular weight is 513 g/mol. The van der Waals surface area contributed by atoms with Crippen molar-refractivity contribution in [3.8, 4) is 5.75 Å². The molecule has 3 aromatic carbocycles. The number of amides is 1. The molecule has 0 aliphatic carbocycles. The fourth-order valence-corrected chi connectivity index (χ4v) is 3.44. The molecule has 0 aromatic heterocycles. The summed E-state index contributed by atoms with van der Waals surface area (Å²) in [6.07, 6.45) is 0.722. The normalized spacial score (nSPS) is 10.2. The number of esters is 1. The summed E-state index contributed by atoms with van der Waals surface area (Å²) in [4.78, 5) is 24.4. The highest BCUT2D eigenvalue weighted by Crippen LogP contribution is 2.23. The van der Waals surface area contributed by atoms with Crippen LogP contribution in [0.2, 0.25) is 0 Å². The van der Waals surface area contributed by atoms with Gasteiger partial charge in [0.25, 0.3) is 5.91 Å². The first kappa shape index (κ1) is 23.4. The average Bonchev–Trinajstić information content (AvgIpc) is 2.80. The molecule has 0 bridgehead atoms. The summed E-state index contributed by atoms with van der Waals surface area (Å²) < 4.78 is 11.3. The number of carbonyl (C=O) groups is 2. The maximum absolute atomic E-state index is 12.8. The third-order valence-corrected chi connectivity index (χ3v) is 5.17. The van der Waals surface area contributed by atoms with Crippen LogP contribution >= 0.6 is 28.1 Å². The number of thiocarbonyl (C=S) groups is 1. The summed E-state index contributed by atoms with van der Waals surface area (Å²) in [7, 11) is 1.32. The molecule has 3 rings (SSSR count). The minimum atomic E-state index is -0.429. The second-order valence-corrected chi connectivity index (χ2v) is 8.03. The zero-order chi connectivity index (χ0) is 22.9. The maximum atomic E-state index is 12.8. The minimum Gasteiger partial charge on any atom is -0.492 e. The SMILES string of the molecule is COC(=O)c1ccc(NC(=S)NC(=O)c2cc(Br)ccc2OCCc2ccccc2)cc1. The first-order valence-corrected chi connectivity index (χ1v) is 10.9. The van der Waals surface area contributed by atoms with Crippen molar-refractivity contribution < 1.29 is 19.1 Å². The van der Waals surface area contributed by atoms with Gasteiger partial charge in [-0.1, -0.05) is 46.3 Å². The van der Waals surface area contributed by atoms with Crippen molar-refractivity contribution in [3.05, 3.63) is 94.0 Å². The van der Waals surface area contributed by atoms with E-state index < -0.39 is 11.9 Å². The highest BCUT2D eigenvalue weighted by molar-refractivity contribution is 9.10. The lowest BCUT2D eigenvalue weighted by Gasteiger charge is -2.14. The van der Waals surface area contributed by atoms with E-state index in [0.717, 1.165) is 16.5 Å². The Kier molecular flexibility index (Phi) is 8.35. The third kappa shape index (κ3) is 6.63. The standard InChI is InChI=1S/C24H21BrN2O4S/c1-30-23(29)17-7-10-19(11-8-17)26-24(32)27-22(28)20-15-18(25)9-12-21(20)31-14-13-16-5-3-2-4-6-16/h2-12,15H,13-14H2,1H3,(H2,26,27,28,32). The molecule has 0 radical (unpaired) electrons. The number of carbonyl (C=O) groups excluding carboxylic acids is 2. The molecule has 8 heteroatoms. The van der Waals surface area contributed by atoms with Crippen LogP contribution in [0, 0.1) is 0 Å². The number of hydrogen-bond donors (Lipinski definition) is 2. The van der Waals surface area contributed by atoms with Gasteiger partial charge in [-0.3, -0.25) is 10.1 Å². The lowest BCUT2D eigenvalue weighted by atomic mass is 10.1. The van der Waals surface area contributed by atoms with E-state index in [1.165, 1.54) is 7.11 Å². The number of hydrogen-bond acceptors (Lipinski definition) is 5. The molecule has 0 atom stereocenters. The largest absolute Gasteiger partial charge is 0.492 e. The Balaban J connectivity index is 1.61. The molecule has 2 N–H and O–H groups in total. The van der Waals surface area contributed by atoms with Crippen LogP contribution in [0.1, 0.15) is 26.3 Å². The molecule has 0 fully saturated rings. The topological polar surface area (TPSA) is 76.7 Å². The predicted octanol–water partition coefficient (Wildman–Crippen LogP) is 4.98. The number of methoxy groups -OCH3 is 1. The van der Waals surface area contributed by atoms with Crippen molar-refractivity contribution in [1.29, 1.82) is 0 Å². The summed E-state index contributed by atoms with van der Waals surface area (Å²) in [5.41, 5.74) is 2.55. The van der Waals surface area contributed by atoms with Gasteiger partial charge >= 0.3 is 5.97 Å². The molecular formula is C24H21BrN2O4S. The zero-order valence-corrected chi connectivity index (χ0v) is 19.7. The van der Waals surface area contributed by atoms with Gasteiger partial charge in [-0.15, -0.1) is 0 Å². The third-order valence-electron chi connectivity index (χ3n) is 4.47. The van der Waals surface area contributed by atoms with Crippen LogP contribution in [0.5, 0.6) is 5.75 Å². The predicted molar refractivity (Wildman–Crippen MR) is 131 cm³/mol. The van der Waals surface area contributed by atoms with Gasteiger partial charge in [-0.25, -0.2) is 4.79 Å². The van der Waals surface area contributed by atoms with Gasteiger partial charge in [0.1, 0.15) is 5.75 Å². The van der Waals surface area contributed by atoms with Crippen molar-refractivity contribution >= 4 is 50.8 Å². The summed E-state index contributed by atoms with van der Waals surface area (Å²) >= 11 is 8.65. The summed E-state index contributed by atoms with van der Waals surface area (Å²) in [6, 6.07) is 21.8. The van der Waals surface area contributed by atoms with E-state index in [4.69, 9.17) is 17.0 Å². The molecule has 3 aromatic rings. The highest BCUT2D eigenvalue weighted by Gasteiger charge is 2.15. The van der Waals surface area contributed by atoms with Gasteiger partial charge in [0.05, 0.1) is 24.8 Å². The number of nitrogens with one attached hydrogen (secondary N) is 2. The molecule has 0 aliphatic rings. The van der Waals surface area contributed by atoms with Crippen molar-refractivity contribution in [2.24, 2.45) is 0 Å². The molecule has 0 aliphatic heterocycles. The van der Waals surface area contributed by atoms with E-state index >= 15 is 0 Å². The van der Waals surface area contributed by atoms with Crippen molar-refractivity contribution in [1.82, 2.24) is 5.32 Å². The molecule has 0 saturated heterocycles. The molecule has 6 nitrogen and oxygen atoms in total. The Hall–Kier alpha value is -3.23. The maximum Gasteiger partial charge on any atom is 0.337 e. The van der Waals surface area contributed by atoms with Crippen LogP contribution in [0.4, 0.5) is 5.69 Å². The van der Waals surface area contributed by atoms with E-state index in [2.05, 4.69) is 31.3 Å². The molecule has 0 unspecified atom stereocenters. The first-order valence-electron chi connectivity index (χ1n) is 9.73. The first-order chi connectivity index (χ1) is 15.5. The Bertz CT molecular complexity index is 1100. The summed E-state index contributed by atoms with van der Waals surface area (Å²) in [5.74, 6) is -0.363. The van der Waals surface area contributed by atoms with E-state index in [1.807, 2.05) is 36.4 Å². The smallest absolute Gasteiger partial charge is 0.337 e. The second-order valence-electron chi connectivity index (χ2n) is 6.70. The molecule has 0 heterocycles. The van der Waals surface area contributed by atoms with E-state index in [9.17, 15) is 9.59 Å². The number of benzene rings is 3. The van der Waals surface area contributed by atoms with Crippen LogP contribution < -0.4 is 15.4 Å². The minimum absolute atomic E-state index is 0.121. The molecule has 0 saturated carbocycles. The van der Waals surface area contributed by atoms with Gasteiger partial charge in [0.15, 0.2) is 5.11 Å². The van der Waals surface area contributed by atoms with Crippen molar-refractivity contribution in [2.75, 3.05) is 19.0 Å². The lowest BCUT2D eigenvalue weighted by Crippen LogP contribution is -2.34. The molecule has 164 valence electrons. The lowest BCUT2D eigenvalue weighted by molar-refractivity contribution is 0.0600. The molecule has 32 heavy (non-hydrogen) atoms. The Labute approximate surface area is 200 Å². The van der Waals surface area contributed by atoms with Crippen molar-refractivity contribution in [3.63, 3.8) is 0 Å². The van der Waals surface area contributed by atoms with Gasteiger partial charge in [0.2, 0.25) is 0 Å². The van der Waals surface area contributed by atoms with Crippen LogP contribution in [0.25, 0.3) is 0 Å². The van der Waals surface area contributed by atoms with Crippen LogP contribution in [-0.2, 0) is 11.2 Å². The number of ether oxygens (including phenoxy) is 2. The number of rotatable bonds is 7. The van der Waals surface area contributed by atoms with E-state index in [-0.39, 0.29) is 5.11 Å². The zero-order valence-electron chi connectivity index (χ0n) is 17.3. The van der Waals surface area contributed by atoms with Gasteiger partial charge in [-0.2, -0.15) is 0 Å². The number of anilines is 1. The Morgan fingerprint density at radius 1 is 1.00 bits per heavy atom. The van der Waals surface area contributed by atoms with E-state index in [0.29, 0.717) is 29.2 Å². The van der Waals surface area contributed by atoms with Crippen LogP contribution in [0.3, 0.4) is 0 Å². The van der Waals surface area contributed by atoms with Crippen LogP contribution in [-0.4, -0.2) is 30.7 Å². The summed E-state index contributed by atoms with van der Waals surface area (Å²) in [6.45, 7) is 0.432. The Morgan fingerprint density at radius 2 is 1.72 bits per heavy atom. The quantitative estimate of drug-likeness (QED) is 0.343. The van der Waals surface area contributed by atoms with Gasteiger partial charge < -0.3 is 14.8 Å². The second kappa shape index (κ2) is 11.4. The fourth-order valence-electron chi connectivity index (χ4n) is 2.87. The van der Waals surface area contributed by atoms with Gasteiger partial charge in [0, 0.05) is 16.6 Å². The summed E-state index contributed by atoms with van der Waals surface area (Å²) in [5, 5.41) is 5.70. The van der Waals surface area contributed by atoms with Crippen LogP contribution in [0.15, 0.2) is 77.3 Å². The van der Waals surface area contributed by atoms with Crippen molar-refractivity contribution in [2.45, 2.75) is 6.42 Å². The number of halogens is 1. The highest BCUT2D eigenvalue weighted by atomic mass is 79.9. The molecular weight excluding hydrogens is 492 g/mol. The molecule has 1 amide bonds. The van der Waals surface area contributed by atoms with Gasteiger partial charge in [-0.05, 0) is 60.2 Å². The molecule has 0 spiro atoms. The Morgan fingerprint density at radius 3 is 2.41 bits per heavy atom. The fraction of sp³-hybridized carbons (Fsp3) is 0.125.